The SMILES string of the molecule is Cc1csc2c(N(C)C(C)c3cccc(N)c3)ncnc12. The van der Waals surface area contributed by atoms with E-state index in [-0.39, 0.29) is 6.04 Å². The molecule has 3 rings (SSSR count). The molecular weight excluding hydrogens is 280 g/mol. The lowest BCUT2D eigenvalue weighted by Gasteiger charge is -2.26. The third kappa shape index (κ3) is 2.45. The molecule has 5 heteroatoms. The number of rotatable bonds is 3. The van der Waals surface area contributed by atoms with Gasteiger partial charge in [-0.3, -0.25) is 0 Å². The Balaban J connectivity index is 2.02. The van der Waals surface area contributed by atoms with E-state index >= 15 is 0 Å². The molecule has 0 spiro atoms. The summed E-state index contributed by atoms with van der Waals surface area (Å²) in [6, 6.07) is 8.19. The van der Waals surface area contributed by atoms with Crippen LogP contribution in [0, 0.1) is 6.92 Å². The number of anilines is 2. The van der Waals surface area contributed by atoms with Crippen molar-refractivity contribution in [3.63, 3.8) is 0 Å². The molecule has 0 fully saturated rings. The monoisotopic (exact) mass is 298 g/mol. The van der Waals surface area contributed by atoms with Crippen molar-refractivity contribution < 1.29 is 0 Å². The van der Waals surface area contributed by atoms with E-state index in [0.29, 0.717) is 0 Å². The highest BCUT2D eigenvalue weighted by molar-refractivity contribution is 7.18. The minimum Gasteiger partial charge on any atom is -0.399 e. The fourth-order valence-electron chi connectivity index (χ4n) is 2.43. The molecule has 0 saturated carbocycles. The van der Waals surface area contributed by atoms with E-state index in [4.69, 9.17) is 5.73 Å². The van der Waals surface area contributed by atoms with E-state index in [1.807, 2.05) is 18.2 Å². The second-order valence-electron chi connectivity index (χ2n) is 5.25. The van der Waals surface area contributed by atoms with Gasteiger partial charge in [-0.1, -0.05) is 12.1 Å². The first kappa shape index (κ1) is 13.8. The zero-order chi connectivity index (χ0) is 15.0. The zero-order valence-corrected chi connectivity index (χ0v) is 13.2. The zero-order valence-electron chi connectivity index (χ0n) is 12.4. The molecule has 2 heterocycles. The Morgan fingerprint density at radius 1 is 1.29 bits per heavy atom. The number of aromatic nitrogens is 2. The third-order valence-electron chi connectivity index (χ3n) is 3.82. The number of nitrogens with two attached hydrogens (primary N) is 1. The molecule has 3 aromatic rings. The molecule has 1 aromatic carbocycles. The first-order valence-corrected chi connectivity index (χ1v) is 7.73. The topological polar surface area (TPSA) is 55.0 Å². The Hall–Kier alpha value is -2.14. The Kier molecular flexibility index (Phi) is 3.51. The summed E-state index contributed by atoms with van der Waals surface area (Å²) in [5, 5.41) is 2.13. The van der Waals surface area contributed by atoms with Crippen LogP contribution >= 0.6 is 11.3 Å². The van der Waals surface area contributed by atoms with Gasteiger partial charge in [-0.2, -0.15) is 0 Å². The molecule has 1 atom stereocenters. The van der Waals surface area contributed by atoms with E-state index in [2.05, 4.69) is 47.2 Å². The fraction of sp³-hybridized carbons (Fsp3) is 0.250. The van der Waals surface area contributed by atoms with E-state index in [1.165, 1.54) is 11.1 Å². The minimum absolute atomic E-state index is 0.189. The van der Waals surface area contributed by atoms with Crippen LogP contribution in [0.15, 0.2) is 36.0 Å². The van der Waals surface area contributed by atoms with Crippen molar-refractivity contribution in [1.82, 2.24) is 9.97 Å². The highest BCUT2D eigenvalue weighted by atomic mass is 32.1. The summed E-state index contributed by atoms with van der Waals surface area (Å²) in [6.45, 7) is 4.24. The van der Waals surface area contributed by atoms with Crippen LogP contribution in [0.3, 0.4) is 0 Å². The van der Waals surface area contributed by atoms with Gasteiger partial charge in [-0.15, -0.1) is 11.3 Å². The highest BCUT2D eigenvalue weighted by Crippen LogP contribution is 2.34. The summed E-state index contributed by atoms with van der Waals surface area (Å²) in [4.78, 5) is 11.0. The first-order valence-electron chi connectivity index (χ1n) is 6.85. The van der Waals surface area contributed by atoms with Gasteiger partial charge in [-0.05, 0) is 42.5 Å². The van der Waals surface area contributed by atoms with Crippen molar-refractivity contribution in [2.45, 2.75) is 19.9 Å². The summed E-state index contributed by atoms with van der Waals surface area (Å²) in [7, 11) is 2.06. The number of thiophene rings is 1. The van der Waals surface area contributed by atoms with Gasteiger partial charge in [0.05, 0.1) is 16.3 Å². The lowest BCUT2D eigenvalue weighted by Crippen LogP contribution is -2.22. The number of fused-ring (bicyclic) bond motifs is 1. The quantitative estimate of drug-likeness (QED) is 0.748. The van der Waals surface area contributed by atoms with Crippen LogP contribution in [-0.2, 0) is 0 Å². The van der Waals surface area contributed by atoms with Crippen LogP contribution < -0.4 is 10.6 Å². The molecule has 0 aliphatic heterocycles. The van der Waals surface area contributed by atoms with E-state index < -0.39 is 0 Å². The van der Waals surface area contributed by atoms with Crippen LogP contribution in [0.5, 0.6) is 0 Å². The maximum atomic E-state index is 5.89. The molecule has 0 radical (unpaired) electrons. The molecule has 1 unspecified atom stereocenters. The maximum absolute atomic E-state index is 5.89. The fourth-order valence-corrected chi connectivity index (χ4v) is 3.47. The van der Waals surface area contributed by atoms with Crippen LogP contribution in [0.2, 0.25) is 0 Å². The summed E-state index contributed by atoms with van der Waals surface area (Å²) in [5.41, 5.74) is 10.1. The number of nitrogens with zero attached hydrogens (tertiary/aromatic N) is 3. The molecule has 0 saturated heterocycles. The number of hydrogen-bond donors (Lipinski definition) is 1. The van der Waals surface area contributed by atoms with Gasteiger partial charge in [0.25, 0.3) is 0 Å². The number of benzene rings is 1. The van der Waals surface area contributed by atoms with E-state index in [9.17, 15) is 0 Å². The number of aryl methyl sites for hydroxylation is 1. The van der Waals surface area contributed by atoms with Gasteiger partial charge in [0.1, 0.15) is 12.1 Å². The summed E-state index contributed by atoms with van der Waals surface area (Å²) < 4.78 is 1.13. The van der Waals surface area contributed by atoms with Gasteiger partial charge in [0.15, 0.2) is 0 Å². The lowest BCUT2D eigenvalue weighted by atomic mass is 10.1. The molecular formula is C16H18N4S. The highest BCUT2D eigenvalue weighted by Gasteiger charge is 2.17. The van der Waals surface area contributed by atoms with Crippen LogP contribution in [0.1, 0.15) is 24.1 Å². The summed E-state index contributed by atoms with van der Waals surface area (Å²) in [5.74, 6) is 0.966. The summed E-state index contributed by atoms with van der Waals surface area (Å²) in [6.07, 6.45) is 1.64. The van der Waals surface area contributed by atoms with Gasteiger partial charge in [-0.25, -0.2) is 9.97 Å². The van der Waals surface area contributed by atoms with Gasteiger partial charge in [0, 0.05) is 12.7 Å². The van der Waals surface area contributed by atoms with Gasteiger partial charge in [0.2, 0.25) is 0 Å². The minimum atomic E-state index is 0.189. The molecule has 0 bridgehead atoms. The van der Waals surface area contributed by atoms with Crippen molar-refractivity contribution in [1.29, 1.82) is 0 Å². The molecule has 0 amide bonds. The predicted octanol–water partition coefficient (Wildman–Crippen LogP) is 3.78. The number of nitrogen functional groups attached to an aromatic ring is 1. The normalized spacial score (nSPS) is 12.5. The van der Waals surface area contributed by atoms with Crippen LogP contribution in [0.4, 0.5) is 11.5 Å². The number of hydrogen-bond acceptors (Lipinski definition) is 5. The Labute approximate surface area is 128 Å². The molecule has 108 valence electrons. The Morgan fingerprint density at radius 3 is 2.86 bits per heavy atom. The van der Waals surface area contributed by atoms with Crippen molar-refractivity contribution in [2.75, 3.05) is 17.7 Å². The standard InChI is InChI=1S/C16H18N4S/c1-10-8-21-15-14(10)18-9-19-16(15)20(3)11(2)12-5-4-6-13(17)7-12/h4-9,11H,17H2,1-3H3. The van der Waals surface area contributed by atoms with Crippen LogP contribution in [0.25, 0.3) is 10.2 Å². The molecule has 2 N–H and O–H groups in total. The smallest absolute Gasteiger partial charge is 0.150 e. The molecule has 4 nitrogen and oxygen atoms in total. The van der Waals surface area contributed by atoms with Crippen molar-refractivity contribution in [3.05, 3.63) is 47.1 Å². The molecule has 0 aliphatic carbocycles. The van der Waals surface area contributed by atoms with Crippen molar-refractivity contribution >= 4 is 33.1 Å². The lowest BCUT2D eigenvalue weighted by molar-refractivity contribution is 0.732. The van der Waals surface area contributed by atoms with Crippen molar-refractivity contribution in [2.24, 2.45) is 0 Å². The second kappa shape index (κ2) is 5.33. The average molecular weight is 298 g/mol. The maximum Gasteiger partial charge on any atom is 0.150 e. The van der Waals surface area contributed by atoms with Crippen molar-refractivity contribution in [3.8, 4) is 0 Å². The third-order valence-corrected chi connectivity index (χ3v) is 4.90. The van der Waals surface area contributed by atoms with E-state index in [0.717, 1.165) is 21.7 Å². The largest absolute Gasteiger partial charge is 0.399 e. The second-order valence-corrected chi connectivity index (χ2v) is 6.13. The first-order chi connectivity index (χ1) is 10.1. The van der Waals surface area contributed by atoms with Crippen LogP contribution in [-0.4, -0.2) is 17.0 Å². The van der Waals surface area contributed by atoms with Gasteiger partial charge >= 0.3 is 0 Å². The molecule has 21 heavy (non-hydrogen) atoms. The molecule has 2 aromatic heterocycles. The van der Waals surface area contributed by atoms with E-state index in [1.54, 1.807) is 17.7 Å². The summed E-state index contributed by atoms with van der Waals surface area (Å²) >= 11 is 1.69. The molecule has 0 aliphatic rings. The average Bonchev–Trinajstić information content (AvgIpc) is 2.87. The Bertz CT molecular complexity index is 781. The van der Waals surface area contributed by atoms with Gasteiger partial charge < -0.3 is 10.6 Å². The Morgan fingerprint density at radius 2 is 2.10 bits per heavy atom. The predicted molar refractivity (Wildman–Crippen MR) is 89.8 cm³/mol.